The molecule has 2 aliphatic rings. The van der Waals surface area contributed by atoms with Crippen LogP contribution in [0.1, 0.15) is 83.8 Å². The summed E-state index contributed by atoms with van der Waals surface area (Å²) >= 11 is 0. The number of imidazole rings is 2. The number of hydrogen-bond donors (Lipinski definition) is 4. The highest BCUT2D eigenvalue weighted by Gasteiger charge is 2.37. The summed E-state index contributed by atoms with van der Waals surface area (Å²) in [4.78, 5) is 59.3. The lowest BCUT2D eigenvalue weighted by Gasteiger charge is -2.28. The van der Waals surface area contributed by atoms with E-state index in [4.69, 9.17) is 10.5 Å². The Balaban J connectivity index is 0.897. The first-order chi connectivity index (χ1) is 28.4. The molecule has 5 N–H and O–H groups in total. The number of hydrogen-bond acceptors (Lipinski definition) is 7. The Labute approximate surface area is 336 Å². The number of amides is 3. The first-order valence-corrected chi connectivity index (χ1v) is 19.5. The van der Waals surface area contributed by atoms with Crippen LogP contribution in [0.25, 0.3) is 22.5 Å². The maximum Gasteiger partial charge on any atom is 0.407 e. The van der Waals surface area contributed by atoms with Gasteiger partial charge in [-0.25, -0.2) is 14.8 Å². The molecule has 4 aromatic carbocycles. The minimum atomic E-state index is -0.876. The van der Waals surface area contributed by atoms with E-state index in [2.05, 4.69) is 37.1 Å². The van der Waals surface area contributed by atoms with Crippen LogP contribution in [0, 0.1) is 11.8 Å². The van der Waals surface area contributed by atoms with E-state index in [-0.39, 0.29) is 23.9 Å². The molecule has 58 heavy (non-hydrogen) atoms. The van der Waals surface area contributed by atoms with Crippen molar-refractivity contribution in [3.63, 3.8) is 0 Å². The molecular formula is C46H44N8O4. The predicted molar refractivity (Wildman–Crippen MR) is 219 cm³/mol. The quantitative estimate of drug-likeness (QED) is 0.115. The lowest BCUT2D eigenvalue weighted by molar-refractivity contribution is -0.135. The number of carbonyl (C=O) groups excluding carboxylic acids is 3. The minimum absolute atomic E-state index is 0.0914. The van der Waals surface area contributed by atoms with Crippen molar-refractivity contribution in [3.05, 3.63) is 155 Å². The van der Waals surface area contributed by atoms with E-state index in [9.17, 15) is 14.4 Å². The molecule has 0 unspecified atom stereocenters. The van der Waals surface area contributed by atoms with Crippen LogP contribution in [-0.2, 0) is 14.3 Å². The second-order valence-electron chi connectivity index (χ2n) is 14.5. The number of H-pyrrole nitrogens is 2. The molecule has 0 radical (unpaired) electrons. The summed E-state index contributed by atoms with van der Waals surface area (Å²) < 4.78 is 4.82. The lowest BCUT2D eigenvalue weighted by Crippen LogP contribution is -2.42. The topological polar surface area (TPSA) is 162 Å². The van der Waals surface area contributed by atoms with Crippen LogP contribution in [0.3, 0.4) is 0 Å². The summed E-state index contributed by atoms with van der Waals surface area (Å²) in [7, 11) is 1.28. The Morgan fingerprint density at radius 3 is 1.64 bits per heavy atom. The van der Waals surface area contributed by atoms with E-state index in [1.54, 1.807) is 11.1 Å². The molecule has 12 heteroatoms. The Morgan fingerprint density at radius 1 is 0.690 bits per heavy atom. The van der Waals surface area contributed by atoms with Gasteiger partial charge in [0, 0.05) is 24.2 Å². The number of benzene rings is 4. The standard InChI is InChI=1S/C46H44N8O4/c1-58-46(57)52-41(35-12-6-3-7-13-35)45(56)54-27-9-15-39(54)43-49-29-37(51-43)33-24-20-31(21-25-33)17-16-30-18-22-32(23-19-30)36-28-48-42(50-36)38-14-8-26-53(38)44(55)40(47)34-10-4-2-5-11-34/h2-7,10-13,18-25,28-29,38-41H,8-9,14-15,26-27,47H2,1H3,(H,48,50)(H,49,51)(H,52,57)/t38-,39-,40+,41+/m0/s1. The van der Waals surface area contributed by atoms with Crippen molar-refractivity contribution in [2.24, 2.45) is 5.73 Å². The summed E-state index contributed by atoms with van der Waals surface area (Å²) in [6, 6.07) is 32.6. The first-order valence-electron chi connectivity index (χ1n) is 19.5. The molecule has 2 aromatic heterocycles. The number of nitrogens with two attached hydrogens (primary N) is 1. The van der Waals surface area contributed by atoms with Gasteiger partial charge in [0.2, 0.25) is 5.91 Å². The van der Waals surface area contributed by atoms with Gasteiger partial charge < -0.3 is 35.6 Å². The van der Waals surface area contributed by atoms with Crippen LogP contribution in [0.15, 0.2) is 122 Å². The molecule has 292 valence electrons. The SMILES string of the molecule is COC(=O)N[C@@H](C(=O)N1CCC[C@H]1c1ncc(-c2ccc(C#Cc3ccc(-c4cnc([C@@H]5CCCN5C(=O)[C@H](N)c5ccccc5)[nH]4)cc3)cc2)[nH]1)c1ccccc1. The molecule has 2 saturated heterocycles. The van der Waals surface area contributed by atoms with Crippen molar-refractivity contribution in [1.82, 2.24) is 35.1 Å². The number of nitrogens with one attached hydrogen (secondary N) is 3. The number of rotatable bonds is 9. The van der Waals surface area contributed by atoms with Crippen LogP contribution in [0.2, 0.25) is 0 Å². The fraction of sp³-hybridized carbons (Fsp3) is 0.239. The van der Waals surface area contributed by atoms with Crippen molar-refractivity contribution in [1.29, 1.82) is 0 Å². The van der Waals surface area contributed by atoms with Gasteiger partial charge in [0.1, 0.15) is 23.7 Å². The van der Waals surface area contributed by atoms with Gasteiger partial charge in [-0.1, -0.05) is 96.8 Å². The van der Waals surface area contributed by atoms with Crippen molar-refractivity contribution in [3.8, 4) is 34.4 Å². The van der Waals surface area contributed by atoms with Gasteiger partial charge in [0.05, 0.1) is 43.0 Å². The van der Waals surface area contributed by atoms with E-state index in [1.165, 1.54) is 7.11 Å². The number of nitrogens with zero attached hydrogens (tertiary/aromatic N) is 4. The molecule has 3 amide bonds. The van der Waals surface area contributed by atoms with Crippen LogP contribution in [0.5, 0.6) is 0 Å². The average Bonchev–Trinajstić information content (AvgIpc) is 4.12. The van der Waals surface area contributed by atoms with Crippen molar-refractivity contribution in [2.75, 3.05) is 20.2 Å². The predicted octanol–water partition coefficient (Wildman–Crippen LogP) is 6.99. The smallest absolute Gasteiger partial charge is 0.407 e. The highest BCUT2D eigenvalue weighted by molar-refractivity contribution is 5.87. The highest BCUT2D eigenvalue weighted by Crippen LogP contribution is 2.35. The fourth-order valence-corrected chi connectivity index (χ4v) is 7.80. The van der Waals surface area contributed by atoms with Gasteiger partial charge in [-0.15, -0.1) is 0 Å². The Kier molecular flexibility index (Phi) is 11.1. The normalized spacial score (nSPS) is 17.3. The summed E-state index contributed by atoms with van der Waals surface area (Å²) in [6.45, 7) is 1.21. The largest absolute Gasteiger partial charge is 0.453 e. The first kappa shape index (κ1) is 37.9. The van der Waals surface area contributed by atoms with Gasteiger partial charge in [0.25, 0.3) is 5.91 Å². The third-order valence-electron chi connectivity index (χ3n) is 10.9. The summed E-state index contributed by atoms with van der Waals surface area (Å²) in [6.07, 6.45) is 6.23. The number of likely N-dealkylation sites (tertiary alicyclic amines) is 2. The number of carbonyl (C=O) groups is 3. The number of alkyl carbamates (subject to hydrolysis) is 1. The number of aromatic amines is 2. The number of methoxy groups -OCH3 is 1. The minimum Gasteiger partial charge on any atom is -0.453 e. The maximum absolute atomic E-state index is 13.9. The maximum atomic E-state index is 13.9. The molecule has 2 aliphatic heterocycles. The van der Waals surface area contributed by atoms with Gasteiger partial charge in [0.15, 0.2) is 0 Å². The van der Waals surface area contributed by atoms with Gasteiger partial charge >= 0.3 is 6.09 Å². The Bertz CT molecular complexity index is 2430. The van der Waals surface area contributed by atoms with E-state index >= 15 is 0 Å². The van der Waals surface area contributed by atoms with Gasteiger partial charge in [-0.2, -0.15) is 0 Å². The molecule has 0 saturated carbocycles. The average molecular weight is 773 g/mol. The summed E-state index contributed by atoms with van der Waals surface area (Å²) in [5, 5.41) is 2.71. The highest BCUT2D eigenvalue weighted by atomic mass is 16.5. The molecule has 8 rings (SSSR count). The van der Waals surface area contributed by atoms with E-state index in [0.717, 1.165) is 70.7 Å². The lowest BCUT2D eigenvalue weighted by atomic mass is 10.1. The molecule has 0 spiro atoms. The molecular weight excluding hydrogens is 729 g/mol. The molecule has 0 bridgehead atoms. The molecule has 4 heterocycles. The molecule has 4 atom stereocenters. The molecule has 0 aliphatic carbocycles. The zero-order valence-corrected chi connectivity index (χ0v) is 32.1. The monoisotopic (exact) mass is 772 g/mol. The van der Waals surface area contributed by atoms with E-state index < -0.39 is 18.2 Å². The van der Waals surface area contributed by atoms with E-state index in [1.807, 2.05) is 120 Å². The number of aromatic nitrogens is 4. The third kappa shape index (κ3) is 8.12. The summed E-state index contributed by atoms with van der Waals surface area (Å²) in [5.41, 5.74) is 13.2. The van der Waals surface area contributed by atoms with Crippen LogP contribution < -0.4 is 11.1 Å². The van der Waals surface area contributed by atoms with Crippen LogP contribution in [0.4, 0.5) is 4.79 Å². The summed E-state index contributed by atoms with van der Waals surface area (Å²) in [5.74, 6) is 7.68. The molecule has 12 nitrogen and oxygen atoms in total. The second-order valence-corrected chi connectivity index (χ2v) is 14.5. The second kappa shape index (κ2) is 17.0. The van der Waals surface area contributed by atoms with Crippen molar-refractivity contribution in [2.45, 2.75) is 49.9 Å². The molecule has 6 aromatic rings. The van der Waals surface area contributed by atoms with Crippen LogP contribution in [-0.4, -0.2) is 67.8 Å². The van der Waals surface area contributed by atoms with Crippen molar-refractivity contribution < 1.29 is 19.1 Å². The van der Waals surface area contributed by atoms with Gasteiger partial charge in [-0.05, 0) is 72.2 Å². The van der Waals surface area contributed by atoms with Crippen LogP contribution >= 0.6 is 0 Å². The molecule has 2 fully saturated rings. The number of ether oxygens (including phenoxy) is 1. The zero-order valence-electron chi connectivity index (χ0n) is 32.1. The third-order valence-corrected chi connectivity index (χ3v) is 10.9. The van der Waals surface area contributed by atoms with E-state index in [0.29, 0.717) is 24.5 Å². The Morgan fingerprint density at radius 2 is 1.16 bits per heavy atom. The fourth-order valence-electron chi connectivity index (χ4n) is 7.80. The Hall–Kier alpha value is -6.97. The van der Waals surface area contributed by atoms with Crippen molar-refractivity contribution >= 4 is 17.9 Å². The van der Waals surface area contributed by atoms with Gasteiger partial charge in [-0.3, -0.25) is 9.59 Å². The zero-order chi connectivity index (χ0) is 40.0.